The number of aliphatic hydroxyl groups is 1. The van der Waals surface area contributed by atoms with Crippen LogP contribution in [-0.2, 0) is 15.4 Å². The number of nitrogens with zero attached hydrogens (tertiary/aromatic N) is 1. The molecule has 1 aromatic heterocycles. The zero-order valence-electron chi connectivity index (χ0n) is 13.8. The lowest BCUT2D eigenvalue weighted by molar-refractivity contribution is -0.384. The summed E-state index contributed by atoms with van der Waals surface area (Å²) in [4.78, 5) is 9.40. The number of halogens is 2. The molecule has 8 nitrogen and oxygen atoms in total. The normalized spacial score (nSPS) is 14.2. The van der Waals surface area contributed by atoms with Crippen molar-refractivity contribution < 1.29 is 31.6 Å². The van der Waals surface area contributed by atoms with Crippen molar-refractivity contribution in [3.63, 3.8) is 0 Å². The lowest BCUT2D eigenvalue weighted by Gasteiger charge is -2.22. The fourth-order valence-corrected chi connectivity index (χ4v) is 2.91. The Morgan fingerprint density at radius 1 is 1.35 bits per heavy atom. The van der Waals surface area contributed by atoms with Gasteiger partial charge in [-0.2, -0.15) is 8.78 Å². The van der Waals surface area contributed by atoms with Gasteiger partial charge in [0, 0.05) is 6.07 Å². The average molecular weight is 390 g/mol. The topological polar surface area (TPSA) is 123 Å². The third-order valence-corrected chi connectivity index (χ3v) is 5.00. The van der Waals surface area contributed by atoms with Crippen molar-refractivity contribution in [2.75, 3.05) is 11.9 Å². The quantitative estimate of drug-likeness (QED) is 0.550. The van der Waals surface area contributed by atoms with Gasteiger partial charge in [-0.3, -0.25) is 10.1 Å². The average Bonchev–Trinajstić information content (AvgIpc) is 3.00. The molecule has 1 aromatic carbocycles. The molecule has 1 atom stereocenters. The first kappa shape index (κ1) is 19.8. The van der Waals surface area contributed by atoms with E-state index in [1.165, 1.54) is 6.92 Å². The molecule has 0 saturated heterocycles. The number of benzene rings is 1. The van der Waals surface area contributed by atoms with E-state index in [2.05, 4.69) is 5.32 Å². The Morgan fingerprint density at radius 3 is 2.50 bits per heavy atom. The number of nitrogens with one attached hydrogen (secondary N) is 1. The molecule has 0 aliphatic heterocycles. The summed E-state index contributed by atoms with van der Waals surface area (Å²) in [6, 6.07) is 5.56. The number of hydrogen-bond donors (Lipinski definition) is 2. The van der Waals surface area contributed by atoms with Crippen molar-refractivity contribution in [1.29, 1.82) is 0 Å². The molecule has 0 aliphatic rings. The molecule has 142 valence electrons. The predicted molar refractivity (Wildman–Crippen MR) is 87.8 cm³/mol. The number of nitro benzene ring substituents is 1. The van der Waals surface area contributed by atoms with E-state index in [9.17, 15) is 32.4 Å². The molecule has 0 fully saturated rings. The number of rotatable bonds is 7. The fraction of sp³-hybridized carbons (Fsp3) is 0.333. The summed E-state index contributed by atoms with van der Waals surface area (Å²) >= 11 is 0. The van der Waals surface area contributed by atoms with Crippen molar-refractivity contribution in [2.24, 2.45) is 0 Å². The van der Waals surface area contributed by atoms with Crippen LogP contribution in [0, 0.1) is 17.0 Å². The lowest BCUT2D eigenvalue weighted by Crippen LogP contribution is -2.30. The standard InChI is InChI=1S/C15H16F2N2O6S/c1-9-3-6-13(25-9)15(2,20)8-18-11-5-4-10(7-12(11)19(21)22)26(23,24)14(16)17/h3-7,14,18,20H,8H2,1-2H3. The van der Waals surface area contributed by atoms with Crippen LogP contribution >= 0.6 is 0 Å². The molecule has 1 heterocycles. The van der Waals surface area contributed by atoms with E-state index < -0.39 is 36.7 Å². The van der Waals surface area contributed by atoms with E-state index in [0.717, 1.165) is 12.1 Å². The second-order valence-corrected chi connectivity index (χ2v) is 7.70. The van der Waals surface area contributed by atoms with E-state index in [4.69, 9.17) is 4.42 Å². The van der Waals surface area contributed by atoms with E-state index in [1.807, 2.05) is 0 Å². The first-order valence-corrected chi connectivity index (χ1v) is 8.83. The van der Waals surface area contributed by atoms with Crippen LogP contribution in [0.4, 0.5) is 20.2 Å². The van der Waals surface area contributed by atoms with Crippen molar-refractivity contribution >= 4 is 21.2 Å². The third-order valence-electron chi connectivity index (χ3n) is 3.62. The summed E-state index contributed by atoms with van der Waals surface area (Å²) in [5.41, 5.74) is -2.36. The molecule has 0 saturated carbocycles. The van der Waals surface area contributed by atoms with Crippen molar-refractivity contribution in [1.82, 2.24) is 0 Å². The van der Waals surface area contributed by atoms with E-state index >= 15 is 0 Å². The number of aryl methyl sites for hydroxylation is 1. The fourth-order valence-electron chi connectivity index (χ4n) is 2.17. The van der Waals surface area contributed by atoms with Gasteiger partial charge in [0.05, 0.1) is 16.4 Å². The van der Waals surface area contributed by atoms with Gasteiger partial charge in [-0.25, -0.2) is 8.42 Å². The molecule has 0 bridgehead atoms. The molecule has 11 heteroatoms. The molecule has 0 spiro atoms. The smallest absolute Gasteiger partial charge is 0.341 e. The number of alkyl halides is 2. The molecule has 26 heavy (non-hydrogen) atoms. The van der Waals surface area contributed by atoms with Crippen LogP contribution in [0.25, 0.3) is 0 Å². The molecule has 0 amide bonds. The summed E-state index contributed by atoms with van der Waals surface area (Å²) in [7, 11) is -4.96. The number of hydrogen-bond acceptors (Lipinski definition) is 7. The molecule has 0 aliphatic carbocycles. The van der Waals surface area contributed by atoms with Crippen LogP contribution in [0.2, 0.25) is 0 Å². The Kier molecular flexibility index (Phi) is 5.33. The zero-order valence-corrected chi connectivity index (χ0v) is 14.6. The minimum atomic E-state index is -4.96. The Bertz CT molecular complexity index is 924. The van der Waals surface area contributed by atoms with E-state index in [1.54, 1.807) is 19.1 Å². The summed E-state index contributed by atoms with van der Waals surface area (Å²) in [5.74, 6) is -2.90. The maximum absolute atomic E-state index is 12.6. The van der Waals surface area contributed by atoms with E-state index in [0.29, 0.717) is 11.8 Å². The number of furan rings is 1. The minimum Gasteiger partial charge on any atom is -0.463 e. The second kappa shape index (κ2) is 7.00. The van der Waals surface area contributed by atoms with Crippen molar-refractivity contribution in [3.8, 4) is 0 Å². The summed E-state index contributed by atoms with van der Waals surface area (Å²) < 4.78 is 53.5. The van der Waals surface area contributed by atoms with Crippen LogP contribution < -0.4 is 5.32 Å². The van der Waals surface area contributed by atoms with Gasteiger partial charge in [0.1, 0.15) is 22.8 Å². The maximum atomic E-state index is 12.6. The van der Waals surface area contributed by atoms with Crippen molar-refractivity contribution in [2.45, 2.75) is 30.1 Å². The largest absolute Gasteiger partial charge is 0.463 e. The van der Waals surface area contributed by atoms with Gasteiger partial charge >= 0.3 is 5.76 Å². The highest BCUT2D eigenvalue weighted by molar-refractivity contribution is 7.91. The summed E-state index contributed by atoms with van der Waals surface area (Å²) in [5, 5.41) is 24.2. The van der Waals surface area contributed by atoms with Crippen molar-refractivity contribution in [3.05, 3.63) is 52.0 Å². The first-order valence-electron chi connectivity index (χ1n) is 7.29. The highest BCUT2D eigenvalue weighted by Crippen LogP contribution is 2.31. The van der Waals surface area contributed by atoms with Crippen LogP contribution in [0.1, 0.15) is 18.4 Å². The Balaban J connectivity index is 2.31. The number of anilines is 1. The summed E-state index contributed by atoms with van der Waals surface area (Å²) in [6.45, 7) is 2.89. The summed E-state index contributed by atoms with van der Waals surface area (Å²) in [6.07, 6.45) is 0. The minimum absolute atomic E-state index is 0.133. The molecule has 2 N–H and O–H groups in total. The maximum Gasteiger partial charge on any atom is 0.341 e. The first-order chi connectivity index (χ1) is 11.9. The van der Waals surface area contributed by atoms with Gasteiger partial charge in [0.25, 0.3) is 5.69 Å². The predicted octanol–water partition coefficient (Wildman–Crippen LogP) is 2.81. The van der Waals surface area contributed by atoms with E-state index in [-0.39, 0.29) is 18.0 Å². The van der Waals surface area contributed by atoms with Crippen LogP contribution in [0.3, 0.4) is 0 Å². The third kappa shape index (κ3) is 3.99. The Morgan fingerprint density at radius 2 is 2.00 bits per heavy atom. The van der Waals surface area contributed by atoms with Gasteiger partial charge in [-0.05, 0) is 38.1 Å². The van der Waals surface area contributed by atoms with Crippen LogP contribution in [-0.4, -0.2) is 30.7 Å². The molecule has 0 radical (unpaired) electrons. The highest BCUT2D eigenvalue weighted by Gasteiger charge is 2.31. The Hall–Kier alpha value is -2.53. The monoisotopic (exact) mass is 390 g/mol. The zero-order chi connectivity index (χ0) is 19.7. The van der Waals surface area contributed by atoms with Gasteiger partial charge in [-0.1, -0.05) is 0 Å². The number of nitro groups is 1. The van der Waals surface area contributed by atoms with Gasteiger partial charge < -0.3 is 14.8 Å². The molecule has 2 rings (SSSR count). The van der Waals surface area contributed by atoms with Crippen LogP contribution in [0.15, 0.2) is 39.6 Å². The van der Waals surface area contributed by atoms with Gasteiger partial charge in [0.15, 0.2) is 0 Å². The van der Waals surface area contributed by atoms with Gasteiger partial charge in [0.2, 0.25) is 9.84 Å². The number of sulfone groups is 1. The second-order valence-electron chi connectivity index (χ2n) is 5.78. The molecular weight excluding hydrogens is 374 g/mol. The van der Waals surface area contributed by atoms with Gasteiger partial charge in [-0.15, -0.1) is 0 Å². The van der Waals surface area contributed by atoms with Crippen LogP contribution in [0.5, 0.6) is 0 Å². The highest BCUT2D eigenvalue weighted by atomic mass is 32.2. The molecule has 1 unspecified atom stereocenters. The molecule has 2 aromatic rings. The lowest BCUT2D eigenvalue weighted by atomic mass is 10.0. The molecular formula is C15H16F2N2O6S. The SMILES string of the molecule is Cc1ccc(C(C)(O)CNc2ccc(S(=O)(=O)C(F)F)cc2[N+](=O)[O-])o1. The Labute approximate surface area is 147 Å².